The number of aromatic nitrogens is 2. The molecule has 1 spiro atoms. The van der Waals surface area contributed by atoms with Gasteiger partial charge in [-0.3, -0.25) is 4.68 Å². The van der Waals surface area contributed by atoms with Gasteiger partial charge in [0.05, 0.1) is 0 Å². The second-order valence-corrected chi connectivity index (χ2v) is 4.48. The third-order valence-corrected chi connectivity index (χ3v) is 3.73. The second-order valence-electron chi connectivity index (χ2n) is 4.48. The van der Waals surface area contributed by atoms with E-state index in [0.29, 0.717) is 0 Å². The summed E-state index contributed by atoms with van der Waals surface area (Å²) in [6.07, 6.45) is 3.94. The number of nitrogens with two attached hydrogens (primary N) is 1. The third-order valence-electron chi connectivity index (χ3n) is 3.73. The van der Waals surface area contributed by atoms with Crippen LogP contribution in [0.3, 0.4) is 0 Å². The number of rotatable bonds is 0. The number of carbonyl (C=O) groups excluding carboxylic acids is 1. The molecule has 2 amide bonds. The quantitative estimate of drug-likeness (QED) is 0.664. The fourth-order valence-corrected chi connectivity index (χ4v) is 2.88. The van der Waals surface area contributed by atoms with Gasteiger partial charge in [-0.15, -0.1) is 0 Å². The van der Waals surface area contributed by atoms with Crippen LogP contribution in [0.25, 0.3) is 0 Å². The Bertz CT molecular complexity index is 413. The maximum atomic E-state index is 11.1. The van der Waals surface area contributed by atoms with Gasteiger partial charge in [-0.2, -0.15) is 5.10 Å². The first-order valence-corrected chi connectivity index (χ1v) is 5.28. The molecule has 1 fully saturated rings. The number of aryl methyl sites for hydroxylation is 1. The van der Waals surface area contributed by atoms with Crippen molar-refractivity contribution in [2.75, 3.05) is 13.1 Å². The van der Waals surface area contributed by atoms with Crippen molar-refractivity contribution in [3.8, 4) is 0 Å². The van der Waals surface area contributed by atoms with Gasteiger partial charge in [-0.1, -0.05) is 0 Å². The molecule has 2 N–H and O–H groups in total. The summed E-state index contributed by atoms with van der Waals surface area (Å²) in [5.41, 5.74) is 6.71. The first-order chi connectivity index (χ1) is 7.21. The average Bonchev–Trinajstić information content (AvgIpc) is 2.88. The Labute approximate surface area is 87.8 Å². The lowest BCUT2D eigenvalue weighted by Crippen LogP contribution is -2.36. The molecule has 5 heteroatoms. The highest BCUT2D eigenvalue weighted by atomic mass is 16.2. The van der Waals surface area contributed by atoms with Crippen molar-refractivity contribution in [2.24, 2.45) is 5.73 Å². The first-order valence-electron chi connectivity index (χ1n) is 5.28. The van der Waals surface area contributed by atoms with E-state index in [4.69, 9.17) is 5.73 Å². The number of urea groups is 1. The van der Waals surface area contributed by atoms with E-state index in [9.17, 15) is 4.79 Å². The number of likely N-dealkylation sites (tertiary alicyclic amines) is 1. The maximum absolute atomic E-state index is 11.1. The van der Waals surface area contributed by atoms with E-state index in [1.54, 1.807) is 4.90 Å². The zero-order valence-electron chi connectivity index (χ0n) is 8.52. The summed E-state index contributed by atoms with van der Waals surface area (Å²) >= 11 is 0. The summed E-state index contributed by atoms with van der Waals surface area (Å²) in [4.78, 5) is 12.9. The molecule has 1 aromatic heterocycles. The molecule has 0 saturated carbocycles. The van der Waals surface area contributed by atoms with Gasteiger partial charge in [0, 0.05) is 36.9 Å². The predicted molar refractivity (Wildman–Crippen MR) is 54.3 cm³/mol. The zero-order valence-corrected chi connectivity index (χ0v) is 8.52. The van der Waals surface area contributed by atoms with E-state index in [-0.39, 0.29) is 11.4 Å². The van der Waals surface area contributed by atoms with Crippen molar-refractivity contribution < 1.29 is 4.79 Å². The van der Waals surface area contributed by atoms with E-state index >= 15 is 0 Å². The number of fused-ring (bicyclic) bond motifs is 2. The molecule has 0 aromatic carbocycles. The SMILES string of the molecule is NC(=O)N1CCC2(CCn3nccc32)C1. The Morgan fingerprint density at radius 3 is 3.00 bits per heavy atom. The monoisotopic (exact) mass is 206 g/mol. The van der Waals surface area contributed by atoms with Crippen LogP contribution >= 0.6 is 0 Å². The van der Waals surface area contributed by atoms with Crippen molar-refractivity contribution in [3.05, 3.63) is 18.0 Å². The lowest BCUT2D eigenvalue weighted by Gasteiger charge is -2.22. The number of amides is 2. The van der Waals surface area contributed by atoms with Gasteiger partial charge in [0.1, 0.15) is 0 Å². The Balaban J connectivity index is 1.93. The topological polar surface area (TPSA) is 64.2 Å². The van der Waals surface area contributed by atoms with Crippen LogP contribution in [0.1, 0.15) is 18.5 Å². The molecular formula is C10H14N4O. The van der Waals surface area contributed by atoms with E-state index in [1.165, 1.54) is 5.69 Å². The Morgan fingerprint density at radius 1 is 1.47 bits per heavy atom. The van der Waals surface area contributed by atoms with E-state index in [1.807, 2.05) is 10.9 Å². The number of hydrogen-bond acceptors (Lipinski definition) is 2. The van der Waals surface area contributed by atoms with Crippen molar-refractivity contribution in [1.82, 2.24) is 14.7 Å². The summed E-state index contributed by atoms with van der Waals surface area (Å²) in [5.74, 6) is 0. The fourth-order valence-electron chi connectivity index (χ4n) is 2.88. The number of nitrogens with zero attached hydrogens (tertiary/aromatic N) is 3. The van der Waals surface area contributed by atoms with Crippen LogP contribution < -0.4 is 5.73 Å². The molecule has 0 radical (unpaired) electrons. The molecule has 3 rings (SSSR count). The summed E-state index contributed by atoms with van der Waals surface area (Å²) in [5, 5.41) is 4.27. The zero-order chi connectivity index (χ0) is 10.5. The highest BCUT2D eigenvalue weighted by Crippen LogP contribution is 2.41. The molecule has 1 atom stereocenters. The molecule has 2 aliphatic heterocycles. The van der Waals surface area contributed by atoms with Crippen molar-refractivity contribution in [3.63, 3.8) is 0 Å². The van der Waals surface area contributed by atoms with Crippen molar-refractivity contribution >= 4 is 6.03 Å². The Morgan fingerprint density at radius 2 is 2.27 bits per heavy atom. The van der Waals surface area contributed by atoms with Crippen molar-refractivity contribution in [2.45, 2.75) is 24.8 Å². The largest absolute Gasteiger partial charge is 0.351 e. The number of primary amides is 1. The molecule has 1 unspecified atom stereocenters. The lowest BCUT2D eigenvalue weighted by molar-refractivity contribution is 0.215. The minimum absolute atomic E-state index is 0.130. The van der Waals surface area contributed by atoms with Crippen LogP contribution in [0.4, 0.5) is 4.79 Å². The molecule has 5 nitrogen and oxygen atoms in total. The van der Waals surface area contributed by atoms with Crippen molar-refractivity contribution in [1.29, 1.82) is 0 Å². The molecule has 1 aromatic rings. The van der Waals surface area contributed by atoms with Crippen LogP contribution in [0.5, 0.6) is 0 Å². The van der Waals surface area contributed by atoms with E-state index in [2.05, 4.69) is 11.2 Å². The number of carbonyl (C=O) groups is 1. The van der Waals surface area contributed by atoms with Crippen LogP contribution in [0.15, 0.2) is 12.3 Å². The van der Waals surface area contributed by atoms with Crippen LogP contribution in [-0.2, 0) is 12.0 Å². The molecular weight excluding hydrogens is 192 g/mol. The van der Waals surface area contributed by atoms with Gasteiger partial charge in [0.2, 0.25) is 0 Å². The van der Waals surface area contributed by atoms with Gasteiger partial charge >= 0.3 is 6.03 Å². The molecule has 3 heterocycles. The Kier molecular flexibility index (Phi) is 1.60. The van der Waals surface area contributed by atoms with Crippen LogP contribution in [0.2, 0.25) is 0 Å². The highest BCUT2D eigenvalue weighted by Gasteiger charge is 2.45. The smallest absolute Gasteiger partial charge is 0.314 e. The summed E-state index contributed by atoms with van der Waals surface area (Å²) in [6, 6.07) is 1.77. The normalized spacial score (nSPS) is 28.7. The molecule has 2 aliphatic rings. The standard InChI is InChI=1S/C10H14N4O/c11-9(15)13-5-2-10(7-13)3-6-14-8(10)1-4-12-14/h1,4H,2-3,5-7H2,(H2,11,15). The van der Waals surface area contributed by atoms with E-state index in [0.717, 1.165) is 32.5 Å². The summed E-state index contributed by atoms with van der Waals surface area (Å²) in [6.45, 7) is 2.50. The molecule has 1 saturated heterocycles. The molecule has 80 valence electrons. The van der Waals surface area contributed by atoms with Crippen LogP contribution in [-0.4, -0.2) is 33.8 Å². The predicted octanol–water partition coefficient (Wildman–Crippen LogP) is 0.309. The molecule has 15 heavy (non-hydrogen) atoms. The summed E-state index contributed by atoms with van der Waals surface area (Å²) in [7, 11) is 0. The molecule has 0 aliphatic carbocycles. The van der Waals surface area contributed by atoms with Gasteiger partial charge in [-0.05, 0) is 18.9 Å². The fraction of sp³-hybridized carbons (Fsp3) is 0.600. The Hall–Kier alpha value is -1.52. The second kappa shape index (κ2) is 2.74. The minimum Gasteiger partial charge on any atom is -0.351 e. The highest BCUT2D eigenvalue weighted by molar-refractivity contribution is 5.72. The van der Waals surface area contributed by atoms with Gasteiger partial charge in [0.15, 0.2) is 0 Å². The maximum Gasteiger partial charge on any atom is 0.314 e. The van der Waals surface area contributed by atoms with Crippen LogP contribution in [0, 0.1) is 0 Å². The van der Waals surface area contributed by atoms with Gasteiger partial charge in [-0.25, -0.2) is 4.79 Å². The average molecular weight is 206 g/mol. The van der Waals surface area contributed by atoms with Gasteiger partial charge in [0.25, 0.3) is 0 Å². The van der Waals surface area contributed by atoms with Gasteiger partial charge < -0.3 is 10.6 Å². The minimum atomic E-state index is -0.301. The first kappa shape index (κ1) is 8.76. The third kappa shape index (κ3) is 1.09. The summed E-state index contributed by atoms with van der Waals surface area (Å²) < 4.78 is 2.05. The lowest BCUT2D eigenvalue weighted by atomic mass is 9.83. The number of hydrogen-bond donors (Lipinski definition) is 1. The van der Waals surface area contributed by atoms with E-state index < -0.39 is 0 Å². The molecule has 0 bridgehead atoms.